The molecule has 132 valence electrons. The first kappa shape index (κ1) is 16.9. The highest BCUT2D eigenvalue weighted by Crippen LogP contribution is 2.33. The van der Waals surface area contributed by atoms with Gasteiger partial charge in [-0.05, 0) is 36.0 Å². The number of benzene rings is 2. The van der Waals surface area contributed by atoms with Crippen LogP contribution in [0.4, 0.5) is 5.69 Å². The van der Waals surface area contributed by atoms with Crippen molar-refractivity contribution in [1.29, 1.82) is 0 Å². The molecule has 4 rings (SSSR count). The van der Waals surface area contributed by atoms with Gasteiger partial charge in [0.2, 0.25) is 0 Å². The fraction of sp³-hybridized carbons (Fsp3) is 0.0667. The second kappa shape index (κ2) is 6.67. The number of sulfonamides is 1. The summed E-state index contributed by atoms with van der Waals surface area (Å²) in [5, 5.41) is 8.52. The molecule has 2 heterocycles. The smallest absolute Gasteiger partial charge is 0.264 e. The molecule has 0 saturated heterocycles. The predicted octanol–water partition coefficient (Wildman–Crippen LogP) is 2.77. The number of nitrogens with one attached hydrogen (secondary N) is 1. The summed E-state index contributed by atoms with van der Waals surface area (Å²) in [6.07, 6.45) is 1.59. The highest BCUT2D eigenvalue weighted by atomic mass is 32.2. The molecular weight excluding hydrogens is 392 g/mol. The standard InChI is InChI=1S/C15H12N6O2S3/c1-21-9-16-17-15(21)24-12-7-3-2-5-10(12)20-26(22,23)13-8-4-6-11-14(13)19-25-18-11/h2-9,20H,1H3. The highest BCUT2D eigenvalue weighted by Gasteiger charge is 2.21. The van der Waals surface area contributed by atoms with Gasteiger partial charge in [-0.1, -0.05) is 18.2 Å². The molecule has 1 N–H and O–H groups in total. The zero-order valence-electron chi connectivity index (χ0n) is 13.4. The van der Waals surface area contributed by atoms with Crippen LogP contribution in [0.1, 0.15) is 0 Å². The maximum atomic E-state index is 12.9. The number of fused-ring (bicyclic) bond motifs is 1. The second-order valence-corrected chi connectivity index (χ2v) is 8.50. The van der Waals surface area contributed by atoms with Crippen molar-refractivity contribution >= 4 is 50.2 Å². The van der Waals surface area contributed by atoms with Crippen molar-refractivity contribution in [1.82, 2.24) is 23.5 Å². The fourth-order valence-electron chi connectivity index (χ4n) is 2.30. The number of rotatable bonds is 5. The van der Waals surface area contributed by atoms with E-state index in [-0.39, 0.29) is 4.90 Å². The Morgan fingerprint density at radius 3 is 2.77 bits per heavy atom. The van der Waals surface area contributed by atoms with Crippen LogP contribution in [0.3, 0.4) is 0 Å². The molecule has 0 atom stereocenters. The van der Waals surface area contributed by atoms with Crippen molar-refractivity contribution < 1.29 is 8.42 Å². The van der Waals surface area contributed by atoms with Crippen molar-refractivity contribution in [3.05, 3.63) is 48.8 Å². The number of hydrogen-bond donors (Lipinski definition) is 1. The molecule has 0 aliphatic carbocycles. The van der Waals surface area contributed by atoms with E-state index >= 15 is 0 Å². The molecule has 0 saturated carbocycles. The van der Waals surface area contributed by atoms with E-state index in [1.807, 2.05) is 19.2 Å². The maximum absolute atomic E-state index is 12.9. The van der Waals surface area contributed by atoms with E-state index in [1.165, 1.54) is 17.8 Å². The van der Waals surface area contributed by atoms with E-state index in [9.17, 15) is 8.42 Å². The van der Waals surface area contributed by atoms with Crippen LogP contribution in [0.25, 0.3) is 11.0 Å². The molecule has 0 bridgehead atoms. The van der Waals surface area contributed by atoms with E-state index in [2.05, 4.69) is 23.7 Å². The first-order valence-corrected chi connectivity index (χ1v) is 10.4. The molecule has 0 spiro atoms. The number of hydrogen-bond acceptors (Lipinski definition) is 8. The molecule has 0 aliphatic rings. The van der Waals surface area contributed by atoms with Gasteiger partial charge in [0.15, 0.2) is 5.16 Å². The van der Waals surface area contributed by atoms with Gasteiger partial charge < -0.3 is 4.57 Å². The summed E-state index contributed by atoms with van der Waals surface area (Å²) in [4.78, 5) is 0.818. The summed E-state index contributed by atoms with van der Waals surface area (Å²) >= 11 is 2.31. The maximum Gasteiger partial charge on any atom is 0.264 e. The molecular formula is C15H12N6O2S3. The largest absolute Gasteiger partial charge is 0.311 e. The normalized spacial score (nSPS) is 11.7. The minimum atomic E-state index is -3.82. The van der Waals surface area contributed by atoms with Crippen molar-refractivity contribution in [3.8, 4) is 0 Å². The van der Waals surface area contributed by atoms with Gasteiger partial charge in [-0.25, -0.2) is 8.42 Å². The van der Waals surface area contributed by atoms with E-state index in [4.69, 9.17) is 0 Å². The summed E-state index contributed by atoms with van der Waals surface area (Å²) in [7, 11) is -2.00. The third-order valence-electron chi connectivity index (χ3n) is 3.54. The Kier molecular flexibility index (Phi) is 4.34. The molecule has 11 heteroatoms. The van der Waals surface area contributed by atoms with Crippen LogP contribution in [0, 0.1) is 0 Å². The molecule has 0 fully saturated rings. The fourth-order valence-corrected chi connectivity index (χ4v) is 5.06. The van der Waals surface area contributed by atoms with E-state index < -0.39 is 10.0 Å². The quantitative estimate of drug-likeness (QED) is 0.545. The van der Waals surface area contributed by atoms with Crippen molar-refractivity contribution in [2.75, 3.05) is 4.72 Å². The predicted molar refractivity (Wildman–Crippen MR) is 99.8 cm³/mol. The van der Waals surface area contributed by atoms with Crippen LogP contribution >= 0.6 is 23.5 Å². The minimum absolute atomic E-state index is 0.0993. The average Bonchev–Trinajstić information content (AvgIpc) is 3.25. The monoisotopic (exact) mass is 404 g/mol. The summed E-state index contributed by atoms with van der Waals surface area (Å²) in [6.45, 7) is 0. The van der Waals surface area contributed by atoms with Gasteiger partial charge in [0, 0.05) is 11.9 Å². The summed E-state index contributed by atoms with van der Waals surface area (Å²) in [6, 6.07) is 12.0. The van der Waals surface area contributed by atoms with Gasteiger partial charge in [-0.15, -0.1) is 10.2 Å². The van der Waals surface area contributed by atoms with Gasteiger partial charge in [0.05, 0.1) is 17.4 Å². The Morgan fingerprint density at radius 2 is 1.96 bits per heavy atom. The topological polar surface area (TPSA) is 103 Å². The average molecular weight is 405 g/mol. The van der Waals surface area contributed by atoms with Crippen LogP contribution in [-0.4, -0.2) is 31.9 Å². The Balaban J connectivity index is 1.71. The SMILES string of the molecule is Cn1cnnc1Sc1ccccc1NS(=O)(=O)c1cccc2nsnc12. The van der Waals surface area contributed by atoms with Gasteiger partial charge in [-0.3, -0.25) is 4.72 Å². The third kappa shape index (κ3) is 3.16. The number of anilines is 1. The number of aryl methyl sites for hydroxylation is 1. The van der Waals surface area contributed by atoms with Crippen molar-refractivity contribution in [3.63, 3.8) is 0 Å². The van der Waals surface area contributed by atoms with Gasteiger partial charge in [0.25, 0.3) is 10.0 Å². The number of nitrogens with zero attached hydrogens (tertiary/aromatic N) is 5. The Hall–Kier alpha value is -2.50. The summed E-state index contributed by atoms with van der Waals surface area (Å²) < 4.78 is 38.4. The van der Waals surface area contributed by atoms with Gasteiger partial charge in [-0.2, -0.15) is 8.75 Å². The molecule has 0 radical (unpaired) electrons. The molecule has 0 amide bonds. The molecule has 2 aromatic heterocycles. The lowest BCUT2D eigenvalue weighted by molar-refractivity contribution is 0.602. The van der Waals surface area contributed by atoms with Gasteiger partial charge >= 0.3 is 0 Å². The van der Waals surface area contributed by atoms with E-state index in [0.717, 1.165) is 16.6 Å². The van der Waals surface area contributed by atoms with Crippen LogP contribution in [0.5, 0.6) is 0 Å². The summed E-state index contributed by atoms with van der Waals surface area (Å²) in [5.74, 6) is 0. The lowest BCUT2D eigenvalue weighted by Crippen LogP contribution is -2.14. The van der Waals surface area contributed by atoms with E-state index in [0.29, 0.717) is 21.9 Å². The van der Waals surface area contributed by atoms with Crippen LogP contribution < -0.4 is 4.72 Å². The van der Waals surface area contributed by atoms with Gasteiger partial charge in [0.1, 0.15) is 22.3 Å². The summed E-state index contributed by atoms with van der Waals surface area (Å²) in [5.41, 5.74) is 1.38. The Labute approximate surface area is 157 Å². The van der Waals surface area contributed by atoms with E-state index in [1.54, 1.807) is 35.2 Å². The van der Waals surface area contributed by atoms with Crippen molar-refractivity contribution in [2.24, 2.45) is 7.05 Å². The molecule has 2 aromatic carbocycles. The highest BCUT2D eigenvalue weighted by molar-refractivity contribution is 7.99. The first-order valence-electron chi connectivity index (χ1n) is 7.39. The van der Waals surface area contributed by atoms with Crippen LogP contribution in [-0.2, 0) is 17.1 Å². The lowest BCUT2D eigenvalue weighted by atomic mass is 10.3. The minimum Gasteiger partial charge on any atom is -0.311 e. The molecule has 0 unspecified atom stereocenters. The Bertz CT molecular complexity index is 1180. The van der Waals surface area contributed by atoms with Crippen LogP contribution in [0.2, 0.25) is 0 Å². The molecule has 8 nitrogen and oxygen atoms in total. The van der Waals surface area contributed by atoms with Crippen LogP contribution in [0.15, 0.2) is 63.7 Å². The molecule has 26 heavy (non-hydrogen) atoms. The Morgan fingerprint density at radius 1 is 1.12 bits per heavy atom. The second-order valence-electron chi connectivity index (χ2n) is 5.32. The lowest BCUT2D eigenvalue weighted by Gasteiger charge is -2.12. The number of para-hydroxylation sites is 1. The first-order chi connectivity index (χ1) is 12.5. The van der Waals surface area contributed by atoms with Crippen molar-refractivity contribution in [2.45, 2.75) is 14.9 Å². The zero-order valence-corrected chi connectivity index (χ0v) is 15.8. The zero-order chi connectivity index (χ0) is 18.1. The third-order valence-corrected chi connectivity index (χ3v) is 6.61. The number of aromatic nitrogens is 5. The molecule has 4 aromatic rings. The molecule has 0 aliphatic heterocycles.